The van der Waals surface area contributed by atoms with Crippen molar-refractivity contribution in [1.82, 2.24) is 15.0 Å². The maximum atomic E-state index is 13.2. The van der Waals surface area contributed by atoms with Crippen LogP contribution < -0.4 is 10.1 Å². The number of benzene rings is 1. The van der Waals surface area contributed by atoms with E-state index in [0.717, 1.165) is 6.07 Å². The molecule has 0 aliphatic rings. The van der Waals surface area contributed by atoms with Gasteiger partial charge in [-0.05, 0) is 38.0 Å². The second-order valence-electron chi connectivity index (χ2n) is 6.39. The van der Waals surface area contributed by atoms with Gasteiger partial charge < -0.3 is 15.2 Å². The summed E-state index contributed by atoms with van der Waals surface area (Å²) in [6.45, 7) is 4.85. The molecule has 2 N–H and O–H groups in total. The largest absolute Gasteiger partial charge is 0.503 e. The van der Waals surface area contributed by atoms with Crippen LogP contribution in [-0.2, 0) is 6.18 Å². The van der Waals surface area contributed by atoms with Crippen LogP contribution in [0.25, 0.3) is 11.0 Å². The summed E-state index contributed by atoms with van der Waals surface area (Å²) < 4.78 is 44.6. The van der Waals surface area contributed by atoms with Gasteiger partial charge in [-0.2, -0.15) is 18.2 Å². The number of anilines is 1. The summed E-state index contributed by atoms with van der Waals surface area (Å²) in [5.41, 5.74) is 0.265. The Balaban J connectivity index is 2.05. The van der Waals surface area contributed by atoms with Crippen molar-refractivity contribution in [3.05, 3.63) is 46.8 Å². The van der Waals surface area contributed by atoms with Gasteiger partial charge in [-0.25, -0.2) is 9.97 Å². The molecule has 0 bridgehead atoms. The van der Waals surface area contributed by atoms with Crippen LogP contribution in [0.2, 0.25) is 0 Å². The van der Waals surface area contributed by atoms with Gasteiger partial charge in [-0.1, -0.05) is 12.1 Å². The number of nitrogens with one attached hydrogen (secondary N) is 1. The molecule has 0 fully saturated rings. The number of aryl methyl sites for hydroxylation is 1. The summed E-state index contributed by atoms with van der Waals surface area (Å²) in [5, 5.41) is 13.6. The van der Waals surface area contributed by atoms with Crippen LogP contribution >= 0.6 is 0 Å². The zero-order chi connectivity index (χ0) is 20.6. The molecular formula is C19H19F3N4O2. The van der Waals surface area contributed by atoms with Crippen LogP contribution in [0.5, 0.6) is 11.6 Å². The van der Waals surface area contributed by atoms with E-state index in [1.54, 1.807) is 19.9 Å². The third kappa shape index (κ3) is 3.64. The average molecular weight is 392 g/mol. The highest BCUT2D eigenvalue weighted by Crippen LogP contribution is 2.36. The van der Waals surface area contributed by atoms with Gasteiger partial charge in [0.2, 0.25) is 0 Å². The van der Waals surface area contributed by atoms with Crippen molar-refractivity contribution in [3.63, 3.8) is 0 Å². The van der Waals surface area contributed by atoms with E-state index in [-0.39, 0.29) is 17.2 Å². The number of rotatable bonds is 4. The van der Waals surface area contributed by atoms with Gasteiger partial charge in [0.25, 0.3) is 5.88 Å². The van der Waals surface area contributed by atoms with Gasteiger partial charge >= 0.3 is 6.18 Å². The molecule has 0 spiro atoms. The maximum absolute atomic E-state index is 13.2. The number of hydrogen-bond acceptors (Lipinski definition) is 6. The number of aromatic nitrogens is 3. The van der Waals surface area contributed by atoms with Gasteiger partial charge in [-0.3, -0.25) is 0 Å². The number of alkyl halides is 3. The summed E-state index contributed by atoms with van der Waals surface area (Å²) >= 11 is 0. The predicted molar refractivity (Wildman–Crippen MR) is 98.5 cm³/mol. The topological polar surface area (TPSA) is 80.2 Å². The second kappa shape index (κ2) is 7.14. The Labute approximate surface area is 159 Å². The number of ether oxygens (including phenoxy) is 1. The molecule has 28 heavy (non-hydrogen) atoms. The van der Waals surface area contributed by atoms with Gasteiger partial charge in [0, 0.05) is 6.07 Å². The van der Waals surface area contributed by atoms with Crippen molar-refractivity contribution in [1.29, 1.82) is 0 Å². The lowest BCUT2D eigenvalue weighted by atomic mass is 9.97. The minimum atomic E-state index is -4.43. The molecule has 0 amide bonds. The smallest absolute Gasteiger partial charge is 0.416 e. The number of halogens is 3. The van der Waals surface area contributed by atoms with Crippen LogP contribution in [0, 0.1) is 13.8 Å². The van der Waals surface area contributed by atoms with Crippen molar-refractivity contribution in [2.24, 2.45) is 0 Å². The molecule has 0 saturated heterocycles. The number of fused-ring (bicyclic) bond motifs is 1. The van der Waals surface area contributed by atoms with Crippen LogP contribution in [0.3, 0.4) is 0 Å². The molecule has 2 heterocycles. The molecule has 0 unspecified atom stereocenters. The van der Waals surface area contributed by atoms with Gasteiger partial charge in [0.05, 0.1) is 24.1 Å². The third-order valence-corrected chi connectivity index (χ3v) is 4.44. The molecule has 148 valence electrons. The average Bonchev–Trinajstić information content (AvgIpc) is 2.60. The Morgan fingerprint density at radius 3 is 2.50 bits per heavy atom. The first kappa shape index (κ1) is 19.7. The van der Waals surface area contributed by atoms with Crippen LogP contribution in [0.4, 0.5) is 19.0 Å². The van der Waals surface area contributed by atoms with E-state index in [9.17, 15) is 18.3 Å². The van der Waals surface area contributed by atoms with E-state index in [1.807, 2.05) is 0 Å². The van der Waals surface area contributed by atoms with E-state index in [4.69, 9.17) is 4.74 Å². The Kier molecular flexibility index (Phi) is 5.01. The highest BCUT2D eigenvalue weighted by molar-refractivity contribution is 5.88. The molecule has 3 rings (SSSR count). The summed E-state index contributed by atoms with van der Waals surface area (Å²) in [6, 6.07) is 5.00. The van der Waals surface area contributed by atoms with Crippen molar-refractivity contribution in [3.8, 4) is 11.6 Å². The van der Waals surface area contributed by atoms with Crippen molar-refractivity contribution >= 4 is 16.9 Å². The van der Waals surface area contributed by atoms with Crippen molar-refractivity contribution < 1.29 is 23.0 Å². The van der Waals surface area contributed by atoms with Crippen molar-refractivity contribution in [2.75, 3.05) is 12.4 Å². The normalized spacial score (nSPS) is 12.8. The minimum absolute atomic E-state index is 0.0262. The Morgan fingerprint density at radius 1 is 1.14 bits per heavy atom. The lowest BCUT2D eigenvalue weighted by molar-refractivity contribution is -0.138. The summed E-state index contributed by atoms with van der Waals surface area (Å²) in [5.74, 6) is 0.618. The van der Waals surface area contributed by atoms with Crippen LogP contribution in [0.15, 0.2) is 24.3 Å². The number of methoxy groups -OCH3 is 1. The SMILES string of the molecule is COc1nc2nc(C)nc(N[C@H](C)c3cccc(C(F)(F)F)c3C)c2cc1O. The Morgan fingerprint density at radius 2 is 1.86 bits per heavy atom. The number of nitrogens with zero attached hydrogens (tertiary/aromatic N) is 3. The van der Waals surface area contributed by atoms with Gasteiger partial charge in [0.1, 0.15) is 11.6 Å². The highest BCUT2D eigenvalue weighted by Gasteiger charge is 2.33. The molecule has 0 aliphatic heterocycles. The lowest BCUT2D eigenvalue weighted by Gasteiger charge is -2.21. The van der Waals surface area contributed by atoms with Crippen LogP contribution in [-0.4, -0.2) is 27.2 Å². The summed E-state index contributed by atoms with van der Waals surface area (Å²) in [4.78, 5) is 12.7. The molecule has 9 heteroatoms. The summed E-state index contributed by atoms with van der Waals surface area (Å²) in [6.07, 6.45) is -4.43. The fourth-order valence-electron chi connectivity index (χ4n) is 3.11. The monoisotopic (exact) mass is 392 g/mol. The zero-order valence-electron chi connectivity index (χ0n) is 15.7. The molecule has 2 aromatic heterocycles. The number of aromatic hydroxyl groups is 1. The minimum Gasteiger partial charge on any atom is -0.503 e. The Bertz CT molecular complexity index is 1040. The molecule has 6 nitrogen and oxygen atoms in total. The van der Waals surface area contributed by atoms with E-state index < -0.39 is 17.8 Å². The molecule has 1 aromatic carbocycles. The van der Waals surface area contributed by atoms with E-state index in [2.05, 4.69) is 20.3 Å². The second-order valence-corrected chi connectivity index (χ2v) is 6.39. The van der Waals surface area contributed by atoms with Gasteiger partial charge in [0.15, 0.2) is 11.4 Å². The first-order valence-electron chi connectivity index (χ1n) is 8.47. The quantitative estimate of drug-likeness (QED) is 0.678. The number of pyridine rings is 1. The number of hydrogen-bond donors (Lipinski definition) is 2. The molecule has 1 atom stereocenters. The predicted octanol–water partition coefficient (Wildman–Crippen LogP) is 4.55. The molecule has 3 aromatic rings. The molecular weight excluding hydrogens is 373 g/mol. The first-order chi connectivity index (χ1) is 13.1. The van der Waals surface area contributed by atoms with E-state index in [1.165, 1.54) is 26.2 Å². The van der Waals surface area contributed by atoms with Crippen molar-refractivity contribution in [2.45, 2.75) is 33.0 Å². The molecule has 0 radical (unpaired) electrons. The zero-order valence-corrected chi connectivity index (χ0v) is 15.7. The fraction of sp³-hybridized carbons (Fsp3) is 0.316. The van der Waals surface area contributed by atoms with Crippen LogP contribution in [0.1, 0.15) is 35.5 Å². The fourth-order valence-corrected chi connectivity index (χ4v) is 3.11. The van der Waals surface area contributed by atoms with E-state index in [0.29, 0.717) is 28.2 Å². The molecule has 0 saturated carbocycles. The lowest BCUT2D eigenvalue weighted by Crippen LogP contribution is -2.14. The van der Waals surface area contributed by atoms with E-state index >= 15 is 0 Å². The molecule has 0 aliphatic carbocycles. The maximum Gasteiger partial charge on any atom is 0.416 e. The highest BCUT2D eigenvalue weighted by atomic mass is 19.4. The standard InChI is InChI=1S/C19H19F3N4O2/c1-9-12(6-5-7-14(9)19(20,21)22)10(2)23-16-13-8-15(27)18(28-4)26-17(13)25-11(3)24-16/h5-8,10,27H,1-4H3,(H,23,24,25,26)/t10-/m1/s1. The van der Waals surface area contributed by atoms with Gasteiger partial charge in [-0.15, -0.1) is 0 Å². The Hall–Kier alpha value is -3.10. The summed E-state index contributed by atoms with van der Waals surface area (Å²) in [7, 11) is 1.37. The third-order valence-electron chi connectivity index (χ3n) is 4.44. The first-order valence-corrected chi connectivity index (χ1v) is 8.47.